The molecule has 0 aromatic heterocycles. The third kappa shape index (κ3) is 10.3. The predicted molar refractivity (Wildman–Crippen MR) is 70.9 cm³/mol. The number of carbonyl (C=O) groups excluding carboxylic acids is 2. The third-order valence-corrected chi connectivity index (χ3v) is 2.45. The number of nitrogens with one attached hydrogen (secondary N) is 1. The SMILES string of the molecule is CCCCCCOC(=O)C(C)NC(=O)OCCOC. The number of rotatable bonds is 10. The summed E-state index contributed by atoms with van der Waals surface area (Å²) in [7, 11) is 1.51. The zero-order valence-electron chi connectivity index (χ0n) is 12.1. The lowest BCUT2D eigenvalue weighted by atomic mass is 10.2. The molecule has 6 heteroatoms. The molecule has 1 N–H and O–H groups in total. The van der Waals surface area contributed by atoms with Gasteiger partial charge in [0.25, 0.3) is 0 Å². The van der Waals surface area contributed by atoms with Crippen molar-refractivity contribution < 1.29 is 23.8 Å². The Labute approximate surface area is 114 Å². The van der Waals surface area contributed by atoms with Crippen molar-refractivity contribution in [2.45, 2.75) is 45.6 Å². The van der Waals surface area contributed by atoms with E-state index in [1.165, 1.54) is 7.11 Å². The van der Waals surface area contributed by atoms with E-state index in [-0.39, 0.29) is 6.61 Å². The van der Waals surface area contributed by atoms with Gasteiger partial charge in [0.2, 0.25) is 0 Å². The summed E-state index contributed by atoms with van der Waals surface area (Å²) < 4.78 is 14.6. The van der Waals surface area contributed by atoms with Gasteiger partial charge >= 0.3 is 12.1 Å². The van der Waals surface area contributed by atoms with E-state index < -0.39 is 18.1 Å². The molecule has 1 unspecified atom stereocenters. The smallest absolute Gasteiger partial charge is 0.407 e. The van der Waals surface area contributed by atoms with Crippen LogP contribution < -0.4 is 5.32 Å². The molecule has 0 aromatic rings. The molecule has 0 rings (SSSR count). The highest BCUT2D eigenvalue weighted by molar-refractivity contribution is 5.80. The molecule has 0 aromatic carbocycles. The molecule has 1 amide bonds. The summed E-state index contributed by atoms with van der Waals surface area (Å²) in [6, 6.07) is -0.707. The van der Waals surface area contributed by atoms with E-state index in [9.17, 15) is 9.59 Å². The van der Waals surface area contributed by atoms with Crippen LogP contribution in [0.1, 0.15) is 39.5 Å². The standard InChI is InChI=1S/C13H25NO5/c1-4-5-6-7-8-18-12(15)11(2)14-13(16)19-10-9-17-3/h11H,4-10H2,1-3H3,(H,14,16). The fourth-order valence-corrected chi connectivity index (χ4v) is 1.32. The van der Waals surface area contributed by atoms with Gasteiger partial charge in [-0.05, 0) is 13.3 Å². The Kier molecular flexibility index (Phi) is 11.0. The number of hydrogen-bond donors (Lipinski definition) is 1. The average molecular weight is 275 g/mol. The molecule has 0 saturated heterocycles. The number of carbonyl (C=O) groups is 2. The van der Waals surface area contributed by atoms with E-state index >= 15 is 0 Å². The highest BCUT2D eigenvalue weighted by Crippen LogP contribution is 2.00. The molecule has 6 nitrogen and oxygen atoms in total. The fourth-order valence-electron chi connectivity index (χ4n) is 1.32. The molecule has 19 heavy (non-hydrogen) atoms. The molecule has 1 atom stereocenters. The van der Waals surface area contributed by atoms with Crippen LogP contribution >= 0.6 is 0 Å². The van der Waals surface area contributed by atoms with Crippen LogP contribution in [-0.4, -0.2) is 45.0 Å². The van der Waals surface area contributed by atoms with E-state index in [4.69, 9.17) is 14.2 Å². The zero-order valence-corrected chi connectivity index (χ0v) is 12.1. The first-order chi connectivity index (χ1) is 9.11. The summed E-state index contributed by atoms with van der Waals surface area (Å²) in [6.07, 6.45) is 3.53. The van der Waals surface area contributed by atoms with Crippen LogP contribution in [0.3, 0.4) is 0 Å². The van der Waals surface area contributed by atoms with Crippen molar-refractivity contribution >= 4 is 12.1 Å². The van der Waals surface area contributed by atoms with Crippen molar-refractivity contribution in [3.63, 3.8) is 0 Å². The van der Waals surface area contributed by atoms with E-state index in [0.717, 1.165) is 25.7 Å². The van der Waals surface area contributed by atoms with Crippen molar-refractivity contribution in [1.29, 1.82) is 0 Å². The summed E-state index contributed by atoms with van der Waals surface area (Å²) >= 11 is 0. The van der Waals surface area contributed by atoms with Crippen LogP contribution in [-0.2, 0) is 19.0 Å². The molecule has 0 fully saturated rings. The first kappa shape index (κ1) is 17.7. The molecule has 0 aliphatic rings. The van der Waals surface area contributed by atoms with Crippen molar-refractivity contribution in [3.8, 4) is 0 Å². The second-order valence-electron chi connectivity index (χ2n) is 4.22. The number of unbranched alkanes of at least 4 members (excludes halogenated alkanes) is 3. The van der Waals surface area contributed by atoms with Crippen molar-refractivity contribution in [1.82, 2.24) is 5.32 Å². The van der Waals surface area contributed by atoms with Crippen LogP contribution in [0.5, 0.6) is 0 Å². The Morgan fingerprint density at radius 1 is 1.05 bits per heavy atom. The lowest BCUT2D eigenvalue weighted by molar-refractivity contribution is -0.145. The van der Waals surface area contributed by atoms with Gasteiger partial charge in [0, 0.05) is 7.11 Å². The van der Waals surface area contributed by atoms with Crippen LogP contribution in [0, 0.1) is 0 Å². The van der Waals surface area contributed by atoms with Gasteiger partial charge in [-0.2, -0.15) is 0 Å². The number of methoxy groups -OCH3 is 1. The van der Waals surface area contributed by atoms with Gasteiger partial charge in [-0.15, -0.1) is 0 Å². The van der Waals surface area contributed by atoms with Crippen molar-refractivity contribution in [3.05, 3.63) is 0 Å². The monoisotopic (exact) mass is 275 g/mol. The molecule has 0 bridgehead atoms. The molecule has 0 spiro atoms. The summed E-state index contributed by atoms with van der Waals surface area (Å²) in [4.78, 5) is 22.8. The first-order valence-electron chi connectivity index (χ1n) is 6.70. The molecule has 112 valence electrons. The van der Waals surface area contributed by atoms with Gasteiger partial charge in [0.1, 0.15) is 12.6 Å². The van der Waals surface area contributed by atoms with Gasteiger partial charge in [-0.3, -0.25) is 0 Å². The Morgan fingerprint density at radius 2 is 1.79 bits per heavy atom. The largest absolute Gasteiger partial charge is 0.464 e. The minimum Gasteiger partial charge on any atom is -0.464 e. The lowest BCUT2D eigenvalue weighted by Crippen LogP contribution is -2.40. The first-order valence-corrected chi connectivity index (χ1v) is 6.70. The van der Waals surface area contributed by atoms with Gasteiger partial charge in [0.05, 0.1) is 13.2 Å². The number of esters is 1. The number of amides is 1. The van der Waals surface area contributed by atoms with Gasteiger partial charge in [0.15, 0.2) is 0 Å². The maximum Gasteiger partial charge on any atom is 0.407 e. The van der Waals surface area contributed by atoms with Gasteiger partial charge in [-0.25, -0.2) is 9.59 Å². The van der Waals surface area contributed by atoms with E-state index in [1.807, 2.05) is 0 Å². The molecule has 0 saturated carbocycles. The zero-order chi connectivity index (χ0) is 14.5. The maximum atomic E-state index is 11.5. The Morgan fingerprint density at radius 3 is 2.42 bits per heavy atom. The minimum atomic E-state index is -0.707. The van der Waals surface area contributed by atoms with Crippen LogP contribution in [0.25, 0.3) is 0 Å². The van der Waals surface area contributed by atoms with Crippen LogP contribution in [0.2, 0.25) is 0 Å². The number of hydrogen-bond acceptors (Lipinski definition) is 5. The molecular weight excluding hydrogens is 250 g/mol. The third-order valence-electron chi connectivity index (χ3n) is 2.45. The highest BCUT2D eigenvalue weighted by Gasteiger charge is 2.17. The van der Waals surface area contributed by atoms with E-state index in [2.05, 4.69) is 12.2 Å². The molecule has 0 aliphatic heterocycles. The van der Waals surface area contributed by atoms with Gasteiger partial charge < -0.3 is 19.5 Å². The topological polar surface area (TPSA) is 73.9 Å². The van der Waals surface area contributed by atoms with Gasteiger partial charge in [-0.1, -0.05) is 26.2 Å². The normalized spacial score (nSPS) is 11.7. The summed E-state index contributed by atoms with van der Waals surface area (Å²) in [5.41, 5.74) is 0. The van der Waals surface area contributed by atoms with E-state index in [1.54, 1.807) is 6.92 Å². The lowest BCUT2D eigenvalue weighted by Gasteiger charge is -2.13. The maximum absolute atomic E-state index is 11.5. The van der Waals surface area contributed by atoms with Crippen LogP contribution in [0.4, 0.5) is 4.79 Å². The van der Waals surface area contributed by atoms with Crippen molar-refractivity contribution in [2.24, 2.45) is 0 Å². The number of alkyl carbamates (subject to hydrolysis) is 1. The second-order valence-corrected chi connectivity index (χ2v) is 4.22. The Bertz CT molecular complexity index is 257. The second kappa shape index (κ2) is 11.8. The molecule has 0 heterocycles. The fraction of sp³-hybridized carbons (Fsp3) is 0.846. The quantitative estimate of drug-likeness (QED) is 0.486. The summed E-state index contributed by atoms with van der Waals surface area (Å²) in [5, 5.41) is 2.40. The van der Waals surface area contributed by atoms with Crippen molar-refractivity contribution in [2.75, 3.05) is 26.9 Å². The Balaban J connectivity index is 3.65. The molecule has 0 aliphatic carbocycles. The average Bonchev–Trinajstić information content (AvgIpc) is 2.38. The number of ether oxygens (including phenoxy) is 3. The Hall–Kier alpha value is -1.30. The summed E-state index contributed by atoms with van der Waals surface area (Å²) in [6.45, 7) is 4.55. The minimum absolute atomic E-state index is 0.154. The van der Waals surface area contributed by atoms with Crippen LogP contribution in [0.15, 0.2) is 0 Å². The summed E-state index contributed by atoms with van der Waals surface area (Å²) in [5.74, 6) is -0.444. The molecular formula is C13H25NO5. The highest BCUT2D eigenvalue weighted by atomic mass is 16.6. The molecule has 0 radical (unpaired) electrons. The van der Waals surface area contributed by atoms with E-state index in [0.29, 0.717) is 13.2 Å². The predicted octanol–water partition coefficient (Wildman–Crippen LogP) is 1.87.